The Morgan fingerprint density at radius 3 is 2.71 bits per heavy atom. The molecule has 2 rings (SSSR count). The molecule has 0 amide bonds. The summed E-state index contributed by atoms with van der Waals surface area (Å²) in [7, 11) is 0. The maximum absolute atomic E-state index is 9.86. The summed E-state index contributed by atoms with van der Waals surface area (Å²) in [6, 6.07) is 6.00. The molecule has 1 aromatic carbocycles. The molecular weight excluding hydrogens is 194 g/mol. The van der Waals surface area contributed by atoms with Crippen LogP contribution >= 0.6 is 11.5 Å². The molecule has 1 N–H and O–H groups in total. The van der Waals surface area contributed by atoms with E-state index in [-0.39, 0.29) is 0 Å². The molecule has 3 heteroatoms. The quantitative estimate of drug-likeness (QED) is 0.780. The zero-order valence-electron chi connectivity index (χ0n) is 8.53. The molecule has 0 atom stereocenters. The van der Waals surface area contributed by atoms with Gasteiger partial charge in [0, 0.05) is 5.39 Å². The molecule has 1 aromatic heterocycles. The molecule has 1 heterocycles. The Balaban J connectivity index is 2.66. The van der Waals surface area contributed by atoms with Gasteiger partial charge in [0.25, 0.3) is 0 Å². The molecular formula is C11H13NOS. The Bertz CT molecular complexity index is 468. The summed E-state index contributed by atoms with van der Waals surface area (Å²) in [6.07, 6.45) is 0. The van der Waals surface area contributed by atoms with Crippen LogP contribution in [0, 0.1) is 6.92 Å². The molecule has 0 spiro atoms. The van der Waals surface area contributed by atoms with E-state index < -0.39 is 5.60 Å². The maximum Gasteiger partial charge on any atom is 0.0840 e. The van der Waals surface area contributed by atoms with Gasteiger partial charge in [-0.1, -0.05) is 6.07 Å². The number of hydrogen-bond donors (Lipinski definition) is 1. The molecule has 0 fully saturated rings. The molecule has 0 saturated carbocycles. The first-order valence-corrected chi connectivity index (χ1v) is 5.35. The minimum absolute atomic E-state index is 0.775. The van der Waals surface area contributed by atoms with Crippen LogP contribution in [0.1, 0.15) is 25.1 Å². The first-order valence-electron chi connectivity index (χ1n) is 4.57. The largest absolute Gasteiger partial charge is 0.386 e. The van der Waals surface area contributed by atoms with Gasteiger partial charge in [-0.15, -0.1) is 0 Å². The first-order chi connectivity index (χ1) is 6.48. The summed E-state index contributed by atoms with van der Waals surface area (Å²) in [5.74, 6) is 0. The third kappa shape index (κ3) is 1.53. The van der Waals surface area contributed by atoms with Crippen LogP contribution in [0.25, 0.3) is 10.1 Å². The lowest BCUT2D eigenvalue weighted by molar-refractivity contribution is 0.0787. The Morgan fingerprint density at radius 2 is 2.07 bits per heavy atom. The molecule has 2 nitrogen and oxygen atoms in total. The zero-order valence-corrected chi connectivity index (χ0v) is 9.35. The van der Waals surface area contributed by atoms with Gasteiger partial charge in [-0.05, 0) is 50.0 Å². The lowest BCUT2D eigenvalue weighted by atomic mass is 9.97. The van der Waals surface area contributed by atoms with Crippen molar-refractivity contribution >= 4 is 21.6 Å². The smallest absolute Gasteiger partial charge is 0.0840 e. The number of rotatable bonds is 1. The van der Waals surface area contributed by atoms with Crippen molar-refractivity contribution in [3.63, 3.8) is 0 Å². The number of aliphatic hydroxyl groups is 1. The molecule has 74 valence electrons. The van der Waals surface area contributed by atoms with Crippen molar-refractivity contribution in [2.24, 2.45) is 0 Å². The van der Waals surface area contributed by atoms with Crippen LogP contribution in [0.15, 0.2) is 18.2 Å². The minimum Gasteiger partial charge on any atom is -0.386 e. The average molecular weight is 207 g/mol. The first kappa shape index (κ1) is 9.62. The van der Waals surface area contributed by atoms with Crippen molar-refractivity contribution in [1.82, 2.24) is 4.37 Å². The van der Waals surface area contributed by atoms with Gasteiger partial charge in [-0.3, -0.25) is 0 Å². The fourth-order valence-corrected chi connectivity index (χ4v) is 2.21. The van der Waals surface area contributed by atoms with Gasteiger partial charge < -0.3 is 5.11 Å². The zero-order chi connectivity index (χ0) is 10.3. The van der Waals surface area contributed by atoms with Crippen LogP contribution in [0.4, 0.5) is 0 Å². The number of fused-ring (bicyclic) bond motifs is 1. The molecule has 0 aliphatic rings. The van der Waals surface area contributed by atoms with Crippen LogP contribution < -0.4 is 0 Å². The fourth-order valence-electron chi connectivity index (χ4n) is 1.44. The van der Waals surface area contributed by atoms with Crippen LogP contribution in [0.5, 0.6) is 0 Å². The number of hydrogen-bond acceptors (Lipinski definition) is 3. The third-order valence-electron chi connectivity index (χ3n) is 2.36. The Hall–Kier alpha value is -0.930. The van der Waals surface area contributed by atoms with Gasteiger partial charge >= 0.3 is 0 Å². The predicted octanol–water partition coefficient (Wildman–Crippen LogP) is 2.83. The monoisotopic (exact) mass is 207 g/mol. The van der Waals surface area contributed by atoms with E-state index in [0.29, 0.717) is 0 Å². The van der Waals surface area contributed by atoms with Crippen molar-refractivity contribution in [2.75, 3.05) is 0 Å². The van der Waals surface area contributed by atoms with Crippen LogP contribution in [-0.2, 0) is 5.60 Å². The Morgan fingerprint density at radius 1 is 1.36 bits per heavy atom. The highest BCUT2D eigenvalue weighted by Crippen LogP contribution is 2.28. The van der Waals surface area contributed by atoms with E-state index in [1.54, 1.807) is 13.8 Å². The van der Waals surface area contributed by atoms with Crippen molar-refractivity contribution in [3.05, 3.63) is 29.5 Å². The van der Waals surface area contributed by atoms with Gasteiger partial charge in [0.1, 0.15) is 0 Å². The summed E-state index contributed by atoms with van der Waals surface area (Å²) in [5.41, 5.74) is 1.20. The topological polar surface area (TPSA) is 33.1 Å². The van der Waals surface area contributed by atoms with Gasteiger partial charge in [0.15, 0.2) is 0 Å². The summed E-state index contributed by atoms with van der Waals surface area (Å²) in [6.45, 7) is 5.58. The summed E-state index contributed by atoms with van der Waals surface area (Å²) >= 11 is 1.50. The van der Waals surface area contributed by atoms with Crippen LogP contribution in [0.3, 0.4) is 0 Å². The average Bonchev–Trinajstić information content (AvgIpc) is 2.46. The lowest BCUT2D eigenvalue weighted by Gasteiger charge is -2.17. The molecule has 0 aliphatic heterocycles. The lowest BCUT2D eigenvalue weighted by Crippen LogP contribution is -2.14. The summed E-state index contributed by atoms with van der Waals surface area (Å²) in [5, 5.41) is 11.0. The van der Waals surface area contributed by atoms with Crippen molar-refractivity contribution < 1.29 is 5.11 Å². The molecule has 0 aliphatic carbocycles. The highest BCUT2D eigenvalue weighted by atomic mass is 32.1. The SMILES string of the molecule is Cc1nsc2ccc(C(C)(C)O)cc12. The van der Waals surface area contributed by atoms with Crippen molar-refractivity contribution in [2.45, 2.75) is 26.4 Å². The number of nitrogens with zero attached hydrogens (tertiary/aromatic N) is 1. The second kappa shape index (κ2) is 3.04. The van der Waals surface area contributed by atoms with E-state index in [2.05, 4.69) is 4.37 Å². The van der Waals surface area contributed by atoms with E-state index in [1.807, 2.05) is 25.1 Å². The molecule has 2 aromatic rings. The minimum atomic E-state index is -0.775. The highest BCUT2D eigenvalue weighted by Gasteiger charge is 2.16. The number of aromatic nitrogens is 1. The van der Waals surface area contributed by atoms with E-state index in [1.165, 1.54) is 16.2 Å². The second-order valence-corrected chi connectivity index (χ2v) is 4.84. The third-order valence-corrected chi connectivity index (χ3v) is 3.27. The molecule has 0 bridgehead atoms. The molecule has 0 unspecified atom stereocenters. The number of benzene rings is 1. The molecule has 0 saturated heterocycles. The summed E-state index contributed by atoms with van der Waals surface area (Å²) in [4.78, 5) is 0. The van der Waals surface area contributed by atoms with E-state index in [0.717, 1.165) is 16.6 Å². The van der Waals surface area contributed by atoms with Crippen molar-refractivity contribution in [1.29, 1.82) is 0 Å². The van der Waals surface area contributed by atoms with E-state index in [4.69, 9.17) is 0 Å². The highest BCUT2D eigenvalue weighted by molar-refractivity contribution is 7.13. The van der Waals surface area contributed by atoms with Crippen molar-refractivity contribution in [3.8, 4) is 0 Å². The van der Waals surface area contributed by atoms with Gasteiger partial charge in [0.05, 0.1) is 16.0 Å². The van der Waals surface area contributed by atoms with E-state index >= 15 is 0 Å². The molecule has 0 radical (unpaired) electrons. The standard InChI is InChI=1S/C11H13NOS/c1-7-9-6-8(11(2,3)13)4-5-10(9)14-12-7/h4-6,13H,1-3H3. The predicted molar refractivity (Wildman–Crippen MR) is 59.6 cm³/mol. The van der Waals surface area contributed by atoms with Gasteiger partial charge in [0.2, 0.25) is 0 Å². The van der Waals surface area contributed by atoms with E-state index in [9.17, 15) is 5.11 Å². The van der Waals surface area contributed by atoms with Gasteiger partial charge in [-0.25, -0.2) is 0 Å². The second-order valence-electron chi connectivity index (χ2n) is 4.04. The Kier molecular flexibility index (Phi) is 2.09. The van der Waals surface area contributed by atoms with Crippen LogP contribution in [-0.4, -0.2) is 9.48 Å². The summed E-state index contributed by atoms with van der Waals surface area (Å²) < 4.78 is 5.46. The van der Waals surface area contributed by atoms with Crippen LogP contribution in [0.2, 0.25) is 0 Å². The normalized spacial score (nSPS) is 12.3. The van der Waals surface area contributed by atoms with Gasteiger partial charge in [-0.2, -0.15) is 4.37 Å². The number of aryl methyl sites for hydroxylation is 1. The maximum atomic E-state index is 9.86. The fraction of sp³-hybridized carbons (Fsp3) is 0.364. The molecule has 14 heavy (non-hydrogen) atoms. The Labute approximate surface area is 87.4 Å².